The molecule has 0 aliphatic heterocycles. The third-order valence-electron chi connectivity index (χ3n) is 2.86. The lowest BCUT2D eigenvalue weighted by molar-refractivity contribution is 0.0378. The molecule has 5 nitrogen and oxygen atoms in total. The van der Waals surface area contributed by atoms with Crippen LogP contribution in [0.25, 0.3) is 0 Å². The summed E-state index contributed by atoms with van der Waals surface area (Å²) < 4.78 is 5.18. The van der Waals surface area contributed by atoms with Gasteiger partial charge in [0.2, 0.25) is 0 Å². The predicted molar refractivity (Wildman–Crippen MR) is 83.7 cm³/mol. The molecule has 1 aromatic carbocycles. The van der Waals surface area contributed by atoms with Crippen molar-refractivity contribution in [1.82, 2.24) is 4.98 Å². The van der Waals surface area contributed by atoms with Crippen LogP contribution in [0.5, 0.6) is 0 Å². The molecular weight excluding hydrogens is 266 g/mol. The Morgan fingerprint density at radius 1 is 1.33 bits per heavy atom. The minimum Gasteiger partial charge on any atom is -0.459 e. The van der Waals surface area contributed by atoms with Crippen LogP contribution >= 0.6 is 0 Å². The van der Waals surface area contributed by atoms with Gasteiger partial charge in [0, 0.05) is 5.69 Å². The van der Waals surface area contributed by atoms with Gasteiger partial charge in [0.1, 0.15) is 5.82 Å². The number of nitrogens with one attached hydrogen (secondary N) is 1. The number of nitrogen functional groups attached to an aromatic ring is 1. The van der Waals surface area contributed by atoms with Crippen molar-refractivity contribution >= 4 is 23.2 Å². The number of nitrogens with two attached hydrogens (primary N) is 1. The van der Waals surface area contributed by atoms with Crippen LogP contribution in [0.2, 0.25) is 0 Å². The van der Waals surface area contributed by atoms with Crippen molar-refractivity contribution in [2.75, 3.05) is 11.1 Å². The fourth-order valence-electron chi connectivity index (χ4n) is 1.79. The largest absolute Gasteiger partial charge is 0.459 e. The van der Waals surface area contributed by atoms with Gasteiger partial charge in [0.15, 0.2) is 0 Å². The standard InChI is InChI=1S/C16H19N3O2/c1-10(2)21-16(20)12-5-4-6-13(8-12)19-15-7-11(3)14(17)9-18-15/h4-10H,17H2,1-3H3,(H,18,19). The van der Waals surface area contributed by atoms with Gasteiger partial charge < -0.3 is 15.8 Å². The molecule has 0 saturated carbocycles. The molecule has 3 N–H and O–H groups in total. The first-order chi connectivity index (χ1) is 9.95. The van der Waals surface area contributed by atoms with Gasteiger partial charge >= 0.3 is 5.97 Å². The lowest BCUT2D eigenvalue weighted by atomic mass is 10.2. The van der Waals surface area contributed by atoms with Crippen molar-refractivity contribution in [3.05, 3.63) is 47.7 Å². The van der Waals surface area contributed by atoms with Crippen molar-refractivity contribution in [3.63, 3.8) is 0 Å². The number of carbonyl (C=O) groups excluding carboxylic acids is 1. The second-order valence-electron chi connectivity index (χ2n) is 5.09. The first kappa shape index (κ1) is 14.8. The smallest absolute Gasteiger partial charge is 0.338 e. The number of hydrogen-bond acceptors (Lipinski definition) is 5. The van der Waals surface area contributed by atoms with Crippen molar-refractivity contribution in [3.8, 4) is 0 Å². The molecule has 1 aromatic heterocycles. The zero-order chi connectivity index (χ0) is 15.4. The average Bonchev–Trinajstić information content (AvgIpc) is 2.42. The van der Waals surface area contributed by atoms with Crippen molar-refractivity contribution in [1.29, 1.82) is 0 Å². The number of aryl methyl sites for hydroxylation is 1. The highest BCUT2D eigenvalue weighted by Gasteiger charge is 2.09. The molecule has 21 heavy (non-hydrogen) atoms. The van der Waals surface area contributed by atoms with Crippen LogP contribution in [0.4, 0.5) is 17.2 Å². The normalized spacial score (nSPS) is 10.5. The number of rotatable bonds is 4. The predicted octanol–water partition coefficient (Wildman–Crippen LogP) is 3.28. The monoisotopic (exact) mass is 285 g/mol. The third-order valence-corrected chi connectivity index (χ3v) is 2.86. The number of benzene rings is 1. The molecule has 0 spiro atoms. The summed E-state index contributed by atoms with van der Waals surface area (Å²) in [7, 11) is 0. The van der Waals surface area contributed by atoms with Gasteiger partial charge in [-0.05, 0) is 50.6 Å². The summed E-state index contributed by atoms with van der Waals surface area (Å²) in [5, 5.41) is 3.15. The number of anilines is 3. The Bertz CT molecular complexity index is 654. The molecule has 0 atom stereocenters. The van der Waals surface area contributed by atoms with E-state index >= 15 is 0 Å². The highest BCUT2D eigenvalue weighted by molar-refractivity contribution is 5.90. The summed E-state index contributed by atoms with van der Waals surface area (Å²) in [5.74, 6) is 0.339. The average molecular weight is 285 g/mol. The summed E-state index contributed by atoms with van der Waals surface area (Å²) in [6, 6.07) is 8.97. The van der Waals surface area contributed by atoms with Crippen molar-refractivity contribution in [2.45, 2.75) is 26.9 Å². The van der Waals surface area contributed by atoms with Gasteiger partial charge in [0.05, 0.1) is 23.6 Å². The Morgan fingerprint density at radius 2 is 2.10 bits per heavy atom. The second-order valence-corrected chi connectivity index (χ2v) is 5.09. The van der Waals surface area contributed by atoms with Crippen LogP contribution in [-0.2, 0) is 4.74 Å². The lowest BCUT2D eigenvalue weighted by Crippen LogP contribution is -2.11. The van der Waals surface area contributed by atoms with Crippen LogP contribution in [0.3, 0.4) is 0 Å². The Morgan fingerprint density at radius 3 is 2.76 bits per heavy atom. The summed E-state index contributed by atoms with van der Waals surface area (Å²) >= 11 is 0. The molecule has 0 saturated heterocycles. The van der Waals surface area contributed by atoms with E-state index in [0.29, 0.717) is 17.1 Å². The van der Waals surface area contributed by atoms with E-state index in [-0.39, 0.29) is 12.1 Å². The SMILES string of the molecule is Cc1cc(Nc2cccc(C(=O)OC(C)C)c2)ncc1N. The lowest BCUT2D eigenvalue weighted by Gasteiger charge is -2.10. The van der Waals surface area contributed by atoms with Crippen LogP contribution in [-0.4, -0.2) is 17.1 Å². The van der Waals surface area contributed by atoms with Crippen LogP contribution < -0.4 is 11.1 Å². The van der Waals surface area contributed by atoms with Gasteiger partial charge in [0.25, 0.3) is 0 Å². The fourth-order valence-corrected chi connectivity index (χ4v) is 1.79. The Kier molecular flexibility index (Phi) is 4.42. The molecule has 0 amide bonds. The third kappa shape index (κ3) is 3.95. The molecule has 0 fully saturated rings. The summed E-state index contributed by atoms with van der Waals surface area (Å²) in [4.78, 5) is 16.1. The summed E-state index contributed by atoms with van der Waals surface area (Å²) in [6.07, 6.45) is 1.46. The maximum atomic E-state index is 11.9. The molecular formula is C16H19N3O2. The molecule has 110 valence electrons. The fraction of sp³-hybridized carbons (Fsp3) is 0.250. The molecule has 0 aliphatic carbocycles. The number of esters is 1. The number of hydrogen-bond donors (Lipinski definition) is 2. The Labute approximate surface area is 124 Å². The number of carbonyl (C=O) groups is 1. The van der Waals surface area contributed by atoms with Crippen LogP contribution in [0, 0.1) is 6.92 Å². The van der Waals surface area contributed by atoms with E-state index in [0.717, 1.165) is 11.3 Å². The number of pyridine rings is 1. The maximum Gasteiger partial charge on any atom is 0.338 e. The Hall–Kier alpha value is -2.56. The highest BCUT2D eigenvalue weighted by Crippen LogP contribution is 2.19. The van der Waals surface area contributed by atoms with Gasteiger partial charge in [-0.3, -0.25) is 0 Å². The molecule has 2 aromatic rings. The quantitative estimate of drug-likeness (QED) is 0.843. The van der Waals surface area contributed by atoms with E-state index in [1.165, 1.54) is 0 Å². The van der Waals surface area contributed by atoms with Crippen LogP contribution in [0.1, 0.15) is 29.8 Å². The van der Waals surface area contributed by atoms with Crippen molar-refractivity contribution < 1.29 is 9.53 Å². The number of aromatic nitrogens is 1. The molecule has 1 heterocycles. The van der Waals surface area contributed by atoms with Gasteiger partial charge in [-0.1, -0.05) is 6.07 Å². The molecule has 0 radical (unpaired) electrons. The van der Waals surface area contributed by atoms with E-state index in [9.17, 15) is 4.79 Å². The minimum absolute atomic E-state index is 0.143. The topological polar surface area (TPSA) is 77.2 Å². The Balaban J connectivity index is 2.17. The number of nitrogens with zero attached hydrogens (tertiary/aromatic N) is 1. The van der Waals surface area contributed by atoms with E-state index in [4.69, 9.17) is 10.5 Å². The van der Waals surface area contributed by atoms with E-state index in [1.54, 1.807) is 24.4 Å². The van der Waals surface area contributed by atoms with Crippen molar-refractivity contribution in [2.24, 2.45) is 0 Å². The first-order valence-electron chi connectivity index (χ1n) is 6.76. The van der Waals surface area contributed by atoms with E-state index in [1.807, 2.05) is 32.9 Å². The zero-order valence-electron chi connectivity index (χ0n) is 12.4. The minimum atomic E-state index is -0.338. The van der Waals surface area contributed by atoms with Gasteiger partial charge in [-0.15, -0.1) is 0 Å². The molecule has 2 rings (SSSR count). The molecule has 0 bridgehead atoms. The second kappa shape index (κ2) is 6.26. The first-order valence-corrected chi connectivity index (χ1v) is 6.76. The highest BCUT2D eigenvalue weighted by atomic mass is 16.5. The number of ether oxygens (including phenoxy) is 1. The van der Waals surface area contributed by atoms with Crippen LogP contribution in [0.15, 0.2) is 36.5 Å². The summed E-state index contributed by atoms with van der Waals surface area (Å²) in [6.45, 7) is 5.56. The van der Waals surface area contributed by atoms with Gasteiger partial charge in [-0.2, -0.15) is 0 Å². The molecule has 0 unspecified atom stereocenters. The molecule has 5 heteroatoms. The summed E-state index contributed by atoms with van der Waals surface area (Å²) in [5.41, 5.74) is 8.61. The van der Waals surface area contributed by atoms with E-state index in [2.05, 4.69) is 10.3 Å². The molecule has 0 aliphatic rings. The van der Waals surface area contributed by atoms with E-state index < -0.39 is 0 Å². The maximum absolute atomic E-state index is 11.9. The zero-order valence-corrected chi connectivity index (χ0v) is 12.4. The van der Waals surface area contributed by atoms with Gasteiger partial charge in [-0.25, -0.2) is 9.78 Å².